The maximum absolute atomic E-state index is 11.2. The molecule has 0 bridgehead atoms. The Kier molecular flexibility index (Phi) is 5.85. The second kappa shape index (κ2) is 7.22. The van der Waals surface area contributed by atoms with Crippen molar-refractivity contribution in [3.05, 3.63) is 28.5 Å². The zero-order valence-corrected chi connectivity index (χ0v) is 10.8. The monoisotopic (exact) mass is 286 g/mol. The number of aromatic nitrogens is 1. The van der Waals surface area contributed by atoms with Gasteiger partial charge in [-0.25, -0.2) is 9.78 Å². The van der Waals surface area contributed by atoms with Crippen LogP contribution in [-0.2, 0) is 11.3 Å². The average Bonchev–Trinajstić information content (AvgIpc) is 2.27. The van der Waals surface area contributed by atoms with Crippen LogP contribution >= 0.6 is 15.9 Å². The Hall–Kier alpha value is -1.10. The highest BCUT2D eigenvalue weighted by molar-refractivity contribution is 9.10. The minimum Gasteiger partial charge on any atom is -0.450 e. The molecular formula is C11H15BrN2O2. The predicted octanol–water partition coefficient (Wildman–Crippen LogP) is 2.87. The second-order valence-corrected chi connectivity index (χ2v) is 4.14. The summed E-state index contributed by atoms with van der Waals surface area (Å²) >= 11 is 3.27. The number of amides is 1. The fourth-order valence-electron chi connectivity index (χ4n) is 1.09. The lowest BCUT2D eigenvalue weighted by Gasteiger charge is -2.06. The summed E-state index contributed by atoms with van der Waals surface area (Å²) in [4.78, 5) is 15.2. The van der Waals surface area contributed by atoms with E-state index in [0.717, 1.165) is 23.0 Å². The molecule has 0 radical (unpaired) electrons. The lowest BCUT2D eigenvalue weighted by atomic mass is 10.3. The van der Waals surface area contributed by atoms with Crippen LogP contribution in [0.15, 0.2) is 22.9 Å². The fraction of sp³-hybridized carbons (Fsp3) is 0.455. The lowest BCUT2D eigenvalue weighted by molar-refractivity contribution is 0.144. The number of nitrogens with zero attached hydrogens (tertiary/aromatic N) is 1. The molecule has 0 unspecified atom stereocenters. The van der Waals surface area contributed by atoms with E-state index in [-0.39, 0.29) is 6.09 Å². The van der Waals surface area contributed by atoms with Crippen LogP contribution in [0.5, 0.6) is 0 Å². The van der Waals surface area contributed by atoms with Gasteiger partial charge in [0.25, 0.3) is 0 Å². The molecule has 88 valence electrons. The normalized spacial score (nSPS) is 9.88. The van der Waals surface area contributed by atoms with Gasteiger partial charge in [0.1, 0.15) is 4.60 Å². The van der Waals surface area contributed by atoms with Crippen LogP contribution in [0.3, 0.4) is 0 Å². The van der Waals surface area contributed by atoms with Crippen molar-refractivity contribution < 1.29 is 9.53 Å². The molecule has 1 rings (SSSR count). The highest BCUT2D eigenvalue weighted by atomic mass is 79.9. The van der Waals surface area contributed by atoms with E-state index >= 15 is 0 Å². The number of ether oxygens (including phenoxy) is 1. The van der Waals surface area contributed by atoms with Crippen molar-refractivity contribution in [2.45, 2.75) is 26.3 Å². The molecule has 0 saturated carbocycles. The molecule has 0 aliphatic rings. The van der Waals surface area contributed by atoms with Gasteiger partial charge < -0.3 is 10.1 Å². The molecule has 0 saturated heterocycles. The summed E-state index contributed by atoms with van der Waals surface area (Å²) in [5, 5.41) is 2.68. The van der Waals surface area contributed by atoms with Crippen LogP contribution in [-0.4, -0.2) is 17.7 Å². The highest BCUT2D eigenvalue weighted by Gasteiger charge is 2.01. The molecule has 1 heterocycles. The number of halogens is 1. The molecule has 0 fully saturated rings. The first-order valence-electron chi connectivity index (χ1n) is 5.23. The average molecular weight is 287 g/mol. The Labute approximate surface area is 104 Å². The van der Waals surface area contributed by atoms with Gasteiger partial charge in [-0.2, -0.15) is 0 Å². The van der Waals surface area contributed by atoms with Gasteiger partial charge in [0, 0.05) is 12.7 Å². The van der Waals surface area contributed by atoms with Crippen LogP contribution in [0.4, 0.5) is 4.79 Å². The van der Waals surface area contributed by atoms with Gasteiger partial charge in [0.2, 0.25) is 0 Å². The van der Waals surface area contributed by atoms with E-state index in [0.29, 0.717) is 13.2 Å². The zero-order chi connectivity index (χ0) is 11.8. The van der Waals surface area contributed by atoms with Crippen LogP contribution in [0.1, 0.15) is 25.3 Å². The third-order valence-corrected chi connectivity index (χ3v) is 2.39. The SMILES string of the molecule is CCCCOC(=O)NCc1ccnc(Br)c1. The largest absolute Gasteiger partial charge is 0.450 e. The van der Waals surface area contributed by atoms with Gasteiger partial charge in [-0.3, -0.25) is 0 Å². The maximum atomic E-state index is 11.2. The molecule has 0 aliphatic carbocycles. The van der Waals surface area contributed by atoms with Crippen molar-refractivity contribution in [3.8, 4) is 0 Å². The smallest absolute Gasteiger partial charge is 0.407 e. The van der Waals surface area contributed by atoms with Crippen molar-refractivity contribution in [2.75, 3.05) is 6.61 Å². The second-order valence-electron chi connectivity index (χ2n) is 3.33. The summed E-state index contributed by atoms with van der Waals surface area (Å²) in [6.45, 7) is 2.98. The van der Waals surface area contributed by atoms with Gasteiger partial charge in [-0.05, 0) is 40.0 Å². The Morgan fingerprint density at radius 3 is 3.12 bits per heavy atom. The van der Waals surface area contributed by atoms with Gasteiger partial charge in [-0.15, -0.1) is 0 Å². The summed E-state index contributed by atoms with van der Waals surface area (Å²) in [7, 11) is 0. The quantitative estimate of drug-likeness (QED) is 0.669. The number of nitrogens with one attached hydrogen (secondary N) is 1. The number of carbonyl (C=O) groups excluding carboxylic acids is 1. The number of rotatable bonds is 5. The van der Waals surface area contributed by atoms with E-state index in [1.807, 2.05) is 12.1 Å². The number of hydrogen-bond donors (Lipinski definition) is 1. The highest BCUT2D eigenvalue weighted by Crippen LogP contribution is 2.07. The topological polar surface area (TPSA) is 51.2 Å². The summed E-state index contributed by atoms with van der Waals surface area (Å²) in [5.41, 5.74) is 0.981. The van der Waals surface area contributed by atoms with Crippen molar-refractivity contribution >= 4 is 22.0 Å². The summed E-state index contributed by atoms with van der Waals surface area (Å²) in [6, 6.07) is 3.70. The molecule has 1 amide bonds. The molecule has 1 aromatic rings. The molecule has 16 heavy (non-hydrogen) atoms. The number of alkyl carbamates (subject to hydrolysis) is 1. The van der Waals surface area contributed by atoms with Gasteiger partial charge in [0.15, 0.2) is 0 Å². The third-order valence-electron chi connectivity index (χ3n) is 1.96. The molecule has 0 aliphatic heterocycles. The molecule has 0 spiro atoms. The lowest BCUT2D eigenvalue weighted by Crippen LogP contribution is -2.24. The minimum atomic E-state index is -0.374. The molecular weight excluding hydrogens is 272 g/mol. The summed E-state index contributed by atoms with van der Waals surface area (Å²) < 4.78 is 5.71. The van der Waals surface area contributed by atoms with Crippen molar-refractivity contribution in [2.24, 2.45) is 0 Å². The van der Waals surface area contributed by atoms with E-state index in [1.165, 1.54) is 0 Å². The van der Waals surface area contributed by atoms with Crippen LogP contribution in [0.2, 0.25) is 0 Å². The first-order chi connectivity index (χ1) is 7.72. The van der Waals surface area contributed by atoms with Crippen molar-refractivity contribution in [3.63, 3.8) is 0 Å². The summed E-state index contributed by atoms with van der Waals surface area (Å²) in [6.07, 6.45) is 3.23. The van der Waals surface area contributed by atoms with Gasteiger partial charge in [0.05, 0.1) is 6.61 Å². The fourth-order valence-corrected chi connectivity index (χ4v) is 1.50. The Morgan fingerprint density at radius 1 is 1.62 bits per heavy atom. The van der Waals surface area contributed by atoms with E-state index < -0.39 is 0 Å². The molecule has 4 nitrogen and oxygen atoms in total. The molecule has 5 heteroatoms. The Balaban J connectivity index is 2.26. The van der Waals surface area contributed by atoms with Crippen molar-refractivity contribution in [1.82, 2.24) is 10.3 Å². The first kappa shape index (κ1) is 13.0. The molecule has 1 aromatic heterocycles. The number of carbonyl (C=O) groups is 1. The third kappa shape index (κ3) is 5.11. The minimum absolute atomic E-state index is 0.374. The van der Waals surface area contributed by atoms with E-state index in [9.17, 15) is 4.79 Å². The van der Waals surface area contributed by atoms with Crippen molar-refractivity contribution in [1.29, 1.82) is 0 Å². The number of hydrogen-bond acceptors (Lipinski definition) is 3. The van der Waals surface area contributed by atoms with Gasteiger partial charge in [-0.1, -0.05) is 13.3 Å². The maximum Gasteiger partial charge on any atom is 0.407 e. The van der Waals surface area contributed by atoms with E-state index in [1.54, 1.807) is 6.20 Å². The van der Waals surface area contributed by atoms with Gasteiger partial charge >= 0.3 is 6.09 Å². The summed E-state index contributed by atoms with van der Waals surface area (Å²) in [5.74, 6) is 0. The number of pyridine rings is 1. The zero-order valence-electron chi connectivity index (χ0n) is 9.20. The van der Waals surface area contributed by atoms with Crippen LogP contribution in [0.25, 0.3) is 0 Å². The number of unbranched alkanes of at least 4 members (excludes halogenated alkanes) is 1. The molecule has 0 aromatic carbocycles. The predicted molar refractivity (Wildman–Crippen MR) is 65.0 cm³/mol. The Bertz CT molecular complexity index is 345. The first-order valence-corrected chi connectivity index (χ1v) is 6.02. The van der Waals surface area contributed by atoms with Crippen LogP contribution < -0.4 is 5.32 Å². The van der Waals surface area contributed by atoms with E-state index in [2.05, 4.69) is 33.2 Å². The molecule has 0 atom stereocenters. The van der Waals surface area contributed by atoms with Crippen LogP contribution in [0, 0.1) is 0 Å². The van der Waals surface area contributed by atoms with E-state index in [4.69, 9.17) is 4.74 Å². The Morgan fingerprint density at radius 2 is 2.44 bits per heavy atom. The standard InChI is InChI=1S/C11H15BrN2O2/c1-2-3-6-16-11(15)14-8-9-4-5-13-10(12)7-9/h4-5,7H,2-3,6,8H2,1H3,(H,14,15). The molecule has 1 N–H and O–H groups in total.